The largest absolute Gasteiger partial charge is 0.495 e. The zero-order chi connectivity index (χ0) is 14.7. The molecule has 0 aromatic heterocycles. The summed E-state index contributed by atoms with van der Waals surface area (Å²) in [5, 5.41) is 3.38. The lowest BCUT2D eigenvalue weighted by molar-refractivity contribution is -0.0530. The van der Waals surface area contributed by atoms with Gasteiger partial charge in [-0.05, 0) is 32.0 Å². The summed E-state index contributed by atoms with van der Waals surface area (Å²) in [6, 6.07) is 4.94. The first kappa shape index (κ1) is 14.9. The summed E-state index contributed by atoms with van der Waals surface area (Å²) in [7, 11) is 1.55. The Morgan fingerprint density at radius 2 is 2.05 bits per heavy atom. The Balaban J connectivity index is 2.09. The molecular formula is C14H19ClN2O3. The van der Waals surface area contributed by atoms with Gasteiger partial charge in [0.1, 0.15) is 5.75 Å². The molecule has 1 aliphatic rings. The molecule has 1 aliphatic heterocycles. The van der Waals surface area contributed by atoms with Crippen LogP contribution in [0.3, 0.4) is 0 Å². The van der Waals surface area contributed by atoms with Crippen molar-refractivity contribution >= 4 is 23.3 Å². The predicted octanol–water partition coefficient (Wildman–Crippen LogP) is 2.99. The molecule has 110 valence electrons. The molecule has 0 aliphatic carbocycles. The average Bonchev–Trinajstić information content (AvgIpc) is 2.37. The maximum atomic E-state index is 12.3. The van der Waals surface area contributed by atoms with Crippen LogP contribution in [0.2, 0.25) is 5.02 Å². The van der Waals surface area contributed by atoms with Gasteiger partial charge in [-0.1, -0.05) is 11.6 Å². The van der Waals surface area contributed by atoms with Crippen LogP contribution in [-0.4, -0.2) is 43.3 Å². The first-order valence-electron chi connectivity index (χ1n) is 6.54. The van der Waals surface area contributed by atoms with Crippen LogP contribution in [-0.2, 0) is 4.74 Å². The van der Waals surface area contributed by atoms with E-state index in [0.29, 0.717) is 29.5 Å². The van der Waals surface area contributed by atoms with E-state index < -0.39 is 0 Å². The molecular weight excluding hydrogens is 280 g/mol. The van der Waals surface area contributed by atoms with Crippen molar-refractivity contribution < 1.29 is 14.3 Å². The minimum atomic E-state index is -0.174. The number of rotatable bonds is 2. The van der Waals surface area contributed by atoms with Crippen molar-refractivity contribution in [2.45, 2.75) is 26.1 Å². The smallest absolute Gasteiger partial charge is 0.322 e. The maximum Gasteiger partial charge on any atom is 0.322 e. The van der Waals surface area contributed by atoms with E-state index >= 15 is 0 Å². The number of urea groups is 1. The highest BCUT2D eigenvalue weighted by Gasteiger charge is 2.26. The van der Waals surface area contributed by atoms with E-state index in [2.05, 4.69) is 5.32 Å². The third-order valence-corrected chi connectivity index (χ3v) is 3.35. The van der Waals surface area contributed by atoms with Gasteiger partial charge >= 0.3 is 6.03 Å². The highest BCUT2D eigenvalue weighted by atomic mass is 35.5. The first-order valence-corrected chi connectivity index (χ1v) is 6.92. The second kappa shape index (κ2) is 6.33. The Labute approximate surface area is 123 Å². The number of ether oxygens (including phenoxy) is 2. The van der Waals surface area contributed by atoms with E-state index in [4.69, 9.17) is 21.1 Å². The molecule has 20 heavy (non-hydrogen) atoms. The van der Waals surface area contributed by atoms with E-state index in [-0.39, 0.29) is 18.2 Å². The number of morpholine rings is 1. The van der Waals surface area contributed by atoms with E-state index in [9.17, 15) is 4.79 Å². The molecule has 0 bridgehead atoms. The second-order valence-corrected chi connectivity index (χ2v) is 5.37. The lowest BCUT2D eigenvalue weighted by Gasteiger charge is -2.35. The molecule has 2 amide bonds. The normalized spacial score (nSPS) is 22.5. The van der Waals surface area contributed by atoms with Crippen LogP contribution >= 0.6 is 11.6 Å². The summed E-state index contributed by atoms with van der Waals surface area (Å²) in [5.74, 6) is 0.581. The molecule has 1 aromatic rings. The third kappa shape index (κ3) is 3.55. The number of carbonyl (C=O) groups is 1. The van der Waals surface area contributed by atoms with Crippen molar-refractivity contribution in [3.63, 3.8) is 0 Å². The van der Waals surface area contributed by atoms with Crippen molar-refractivity contribution in [3.05, 3.63) is 23.2 Å². The number of benzene rings is 1. The minimum Gasteiger partial charge on any atom is -0.495 e. The molecule has 2 unspecified atom stereocenters. The first-order chi connectivity index (χ1) is 9.49. The Morgan fingerprint density at radius 1 is 1.40 bits per heavy atom. The standard InChI is InChI=1S/C14H19ClN2O3/c1-9-7-17(8-10(2)20-9)14(18)16-12-6-11(15)4-5-13(12)19-3/h4-6,9-10H,7-8H2,1-3H3,(H,16,18). The number of anilines is 1. The fourth-order valence-corrected chi connectivity index (χ4v) is 2.49. The van der Waals surface area contributed by atoms with Gasteiger partial charge in [0.15, 0.2) is 0 Å². The van der Waals surface area contributed by atoms with Gasteiger partial charge in [0.25, 0.3) is 0 Å². The zero-order valence-corrected chi connectivity index (χ0v) is 12.6. The molecule has 1 N–H and O–H groups in total. The summed E-state index contributed by atoms with van der Waals surface area (Å²) < 4.78 is 10.8. The van der Waals surface area contributed by atoms with Gasteiger partial charge < -0.3 is 19.7 Å². The number of hydrogen-bond donors (Lipinski definition) is 1. The van der Waals surface area contributed by atoms with Crippen molar-refractivity contribution in [2.75, 3.05) is 25.5 Å². The summed E-state index contributed by atoms with van der Waals surface area (Å²) in [6.07, 6.45) is 0.0662. The van der Waals surface area contributed by atoms with Gasteiger partial charge in [-0.15, -0.1) is 0 Å². The van der Waals surface area contributed by atoms with Gasteiger partial charge in [0, 0.05) is 18.1 Å². The molecule has 5 nitrogen and oxygen atoms in total. The van der Waals surface area contributed by atoms with E-state index in [1.807, 2.05) is 13.8 Å². The fourth-order valence-electron chi connectivity index (χ4n) is 2.32. The van der Waals surface area contributed by atoms with E-state index in [1.165, 1.54) is 0 Å². The second-order valence-electron chi connectivity index (χ2n) is 4.94. The van der Waals surface area contributed by atoms with Gasteiger partial charge in [0.2, 0.25) is 0 Å². The minimum absolute atomic E-state index is 0.0331. The van der Waals surface area contributed by atoms with Gasteiger partial charge in [-0.25, -0.2) is 4.79 Å². The number of nitrogens with zero attached hydrogens (tertiary/aromatic N) is 1. The van der Waals surface area contributed by atoms with Crippen molar-refractivity contribution in [3.8, 4) is 5.75 Å². The fraction of sp³-hybridized carbons (Fsp3) is 0.500. The molecule has 6 heteroatoms. The van der Waals surface area contributed by atoms with Crippen LogP contribution in [0.15, 0.2) is 18.2 Å². The predicted molar refractivity (Wildman–Crippen MR) is 78.6 cm³/mol. The molecule has 1 aromatic carbocycles. The van der Waals surface area contributed by atoms with Crippen LogP contribution in [0.1, 0.15) is 13.8 Å². The monoisotopic (exact) mass is 298 g/mol. The summed E-state index contributed by atoms with van der Waals surface area (Å²) in [5.41, 5.74) is 0.566. The van der Waals surface area contributed by atoms with Crippen LogP contribution in [0.25, 0.3) is 0 Å². The molecule has 2 rings (SSSR count). The topological polar surface area (TPSA) is 50.8 Å². The Bertz CT molecular complexity index is 485. The van der Waals surface area contributed by atoms with Crippen LogP contribution in [0.5, 0.6) is 5.75 Å². The zero-order valence-electron chi connectivity index (χ0n) is 11.9. The number of amides is 2. The number of hydrogen-bond acceptors (Lipinski definition) is 3. The quantitative estimate of drug-likeness (QED) is 0.913. The van der Waals surface area contributed by atoms with Crippen LogP contribution < -0.4 is 10.1 Å². The lowest BCUT2D eigenvalue weighted by Crippen LogP contribution is -2.49. The summed E-state index contributed by atoms with van der Waals surface area (Å²) in [6.45, 7) is 5.05. The number of carbonyl (C=O) groups excluding carboxylic acids is 1. The number of halogens is 1. The van der Waals surface area contributed by atoms with Crippen molar-refractivity contribution in [2.24, 2.45) is 0 Å². The van der Waals surface area contributed by atoms with Gasteiger partial charge in [-0.3, -0.25) is 0 Å². The molecule has 0 spiro atoms. The summed E-state index contributed by atoms with van der Waals surface area (Å²) >= 11 is 5.95. The molecule has 1 saturated heterocycles. The summed E-state index contributed by atoms with van der Waals surface area (Å²) in [4.78, 5) is 14.0. The molecule has 1 heterocycles. The molecule has 2 atom stereocenters. The Kier molecular flexibility index (Phi) is 4.73. The van der Waals surface area contributed by atoms with Gasteiger partial charge in [0.05, 0.1) is 25.0 Å². The van der Waals surface area contributed by atoms with E-state index in [1.54, 1.807) is 30.2 Å². The molecule has 1 fully saturated rings. The Morgan fingerprint density at radius 3 is 2.65 bits per heavy atom. The molecule has 0 radical (unpaired) electrons. The van der Waals surface area contributed by atoms with Crippen molar-refractivity contribution in [1.29, 1.82) is 0 Å². The SMILES string of the molecule is COc1ccc(Cl)cc1NC(=O)N1CC(C)OC(C)C1. The average molecular weight is 299 g/mol. The van der Waals surface area contributed by atoms with Crippen molar-refractivity contribution in [1.82, 2.24) is 4.90 Å². The highest BCUT2D eigenvalue weighted by Crippen LogP contribution is 2.28. The molecule has 0 saturated carbocycles. The third-order valence-electron chi connectivity index (χ3n) is 3.11. The lowest BCUT2D eigenvalue weighted by atomic mass is 10.2. The van der Waals surface area contributed by atoms with Crippen LogP contribution in [0.4, 0.5) is 10.5 Å². The van der Waals surface area contributed by atoms with E-state index in [0.717, 1.165) is 0 Å². The van der Waals surface area contributed by atoms with Gasteiger partial charge in [-0.2, -0.15) is 0 Å². The number of methoxy groups -OCH3 is 1. The Hall–Kier alpha value is -1.46. The number of nitrogens with one attached hydrogen (secondary N) is 1. The highest BCUT2D eigenvalue weighted by molar-refractivity contribution is 6.31. The van der Waals surface area contributed by atoms with Crippen LogP contribution in [0, 0.1) is 0 Å². The maximum absolute atomic E-state index is 12.3.